The summed E-state index contributed by atoms with van der Waals surface area (Å²) < 4.78 is 13.6. The summed E-state index contributed by atoms with van der Waals surface area (Å²) in [6.07, 6.45) is 4.77. The Morgan fingerprint density at radius 1 is 1.00 bits per heavy atom. The van der Waals surface area contributed by atoms with E-state index >= 15 is 0 Å². The Hall–Kier alpha value is -1.54. The molecule has 0 spiro atoms. The first kappa shape index (κ1) is 14.4. The van der Waals surface area contributed by atoms with Crippen LogP contribution in [0.5, 0.6) is 0 Å². The van der Waals surface area contributed by atoms with Crippen LogP contribution in [0.2, 0.25) is 5.02 Å². The minimum absolute atomic E-state index is 0.170. The Morgan fingerprint density at radius 2 is 1.76 bits per heavy atom. The summed E-state index contributed by atoms with van der Waals surface area (Å²) in [6, 6.07) is 15.9. The van der Waals surface area contributed by atoms with Gasteiger partial charge in [-0.05, 0) is 36.6 Å². The van der Waals surface area contributed by atoms with Crippen LogP contribution >= 0.6 is 11.6 Å². The van der Waals surface area contributed by atoms with E-state index in [4.69, 9.17) is 11.6 Å². The third-order valence-corrected chi connectivity index (χ3v) is 4.57. The second kappa shape index (κ2) is 6.48. The van der Waals surface area contributed by atoms with Crippen LogP contribution in [0, 0.1) is 5.82 Å². The van der Waals surface area contributed by atoms with E-state index in [-0.39, 0.29) is 10.8 Å². The molecular weight excluding hydrogens is 285 g/mol. The lowest BCUT2D eigenvalue weighted by molar-refractivity contribution is 0.405. The lowest BCUT2D eigenvalue weighted by Gasteiger charge is -2.33. The van der Waals surface area contributed by atoms with Gasteiger partial charge in [0, 0.05) is 17.6 Å². The van der Waals surface area contributed by atoms with Crippen molar-refractivity contribution >= 4 is 17.3 Å². The molecule has 1 fully saturated rings. The van der Waals surface area contributed by atoms with Gasteiger partial charge in [0.15, 0.2) is 0 Å². The number of nitrogens with one attached hydrogen (secondary N) is 1. The van der Waals surface area contributed by atoms with Crippen molar-refractivity contribution in [3.05, 3.63) is 64.9 Å². The minimum Gasteiger partial charge on any atom is -0.382 e. The molecule has 1 aliphatic rings. The number of halogens is 2. The maximum Gasteiger partial charge on any atom is 0.143 e. The minimum atomic E-state index is -0.367. The Morgan fingerprint density at radius 3 is 2.52 bits per heavy atom. The zero-order valence-electron chi connectivity index (χ0n) is 11.9. The van der Waals surface area contributed by atoms with Gasteiger partial charge < -0.3 is 5.32 Å². The summed E-state index contributed by atoms with van der Waals surface area (Å²) in [7, 11) is 0. The number of benzene rings is 2. The van der Waals surface area contributed by atoms with Crippen LogP contribution in [0.3, 0.4) is 0 Å². The highest BCUT2D eigenvalue weighted by Crippen LogP contribution is 2.35. The molecule has 3 heteroatoms. The molecule has 21 heavy (non-hydrogen) atoms. The molecule has 2 atom stereocenters. The number of anilines is 1. The smallest absolute Gasteiger partial charge is 0.143 e. The molecule has 0 saturated heterocycles. The number of hydrogen-bond acceptors (Lipinski definition) is 1. The van der Waals surface area contributed by atoms with Crippen molar-refractivity contribution in [3.63, 3.8) is 0 Å². The van der Waals surface area contributed by atoms with Crippen molar-refractivity contribution in [2.24, 2.45) is 0 Å². The lowest BCUT2D eigenvalue weighted by Crippen LogP contribution is -2.30. The average molecular weight is 304 g/mol. The van der Waals surface area contributed by atoms with Gasteiger partial charge >= 0.3 is 0 Å². The molecule has 2 unspecified atom stereocenters. The fourth-order valence-corrected chi connectivity index (χ4v) is 3.32. The van der Waals surface area contributed by atoms with Gasteiger partial charge in [0.1, 0.15) is 5.82 Å². The van der Waals surface area contributed by atoms with E-state index in [1.54, 1.807) is 6.07 Å². The van der Waals surface area contributed by atoms with Gasteiger partial charge in [0.2, 0.25) is 0 Å². The van der Waals surface area contributed by atoms with Gasteiger partial charge in [-0.25, -0.2) is 4.39 Å². The van der Waals surface area contributed by atoms with Crippen LogP contribution in [0.4, 0.5) is 10.1 Å². The van der Waals surface area contributed by atoms with Gasteiger partial charge in [-0.1, -0.05) is 54.8 Å². The van der Waals surface area contributed by atoms with E-state index in [9.17, 15) is 4.39 Å². The average Bonchev–Trinajstić information content (AvgIpc) is 2.52. The first-order valence-electron chi connectivity index (χ1n) is 7.50. The summed E-state index contributed by atoms with van der Waals surface area (Å²) in [6.45, 7) is 0. The molecule has 0 heterocycles. The van der Waals surface area contributed by atoms with E-state index in [1.165, 1.54) is 30.9 Å². The van der Waals surface area contributed by atoms with Gasteiger partial charge in [-0.2, -0.15) is 0 Å². The summed E-state index contributed by atoms with van der Waals surface area (Å²) in [5.74, 6) is 0.118. The molecule has 1 saturated carbocycles. The zero-order chi connectivity index (χ0) is 14.7. The maximum atomic E-state index is 13.6. The highest BCUT2D eigenvalue weighted by atomic mass is 35.5. The molecular formula is C18H19ClFN. The Bertz CT molecular complexity index is 599. The first-order chi connectivity index (χ1) is 10.2. The van der Waals surface area contributed by atoms with Crippen molar-refractivity contribution in [3.8, 4) is 0 Å². The quantitative estimate of drug-likeness (QED) is 0.776. The highest BCUT2D eigenvalue weighted by molar-refractivity contribution is 6.30. The molecule has 0 amide bonds. The molecule has 0 bridgehead atoms. The molecule has 110 valence electrons. The number of hydrogen-bond donors (Lipinski definition) is 1. The summed E-state index contributed by atoms with van der Waals surface area (Å²) in [5.41, 5.74) is 2.17. The predicted octanol–water partition coefficient (Wildman–Crippen LogP) is 5.62. The Kier molecular flexibility index (Phi) is 4.45. The van der Waals surface area contributed by atoms with E-state index < -0.39 is 0 Å². The molecule has 2 aromatic rings. The second-order valence-electron chi connectivity index (χ2n) is 5.68. The van der Waals surface area contributed by atoms with Crippen LogP contribution in [0.1, 0.15) is 37.2 Å². The molecule has 0 radical (unpaired) electrons. The van der Waals surface area contributed by atoms with E-state index in [0.29, 0.717) is 12.0 Å². The van der Waals surface area contributed by atoms with Crippen LogP contribution in [0.25, 0.3) is 0 Å². The fraction of sp³-hybridized carbons (Fsp3) is 0.333. The zero-order valence-corrected chi connectivity index (χ0v) is 12.6. The molecule has 0 aliphatic heterocycles. The van der Waals surface area contributed by atoms with Crippen molar-refractivity contribution in [2.75, 3.05) is 5.32 Å². The largest absolute Gasteiger partial charge is 0.382 e. The van der Waals surface area contributed by atoms with Crippen LogP contribution in [-0.2, 0) is 0 Å². The van der Waals surface area contributed by atoms with Crippen molar-refractivity contribution in [1.29, 1.82) is 0 Å². The number of rotatable bonds is 3. The predicted molar refractivity (Wildman–Crippen MR) is 86.5 cm³/mol. The molecule has 0 aromatic heterocycles. The van der Waals surface area contributed by atoms with E-state index in [2.05, 4.69) is 29.6 Å². The Balaban J connectivity index is 1.79. The molecule has 1 N–H and O–H groups in total. The summed E-state index contributed by atoms with van der Waals surface area (Å²) >= 11 is 5.75. The first-order valence-corrected chi connectivity index (χ1v) is 7.88. The molecule has 1 nitrogen and oxygen atoms in total. The molecule has 2 aromatic carbocycles. The normalized spacial score (nSPS) is 22.0. The van der Waals surface area contributed by atoms with Crippen LogP contribution in [-0.4, -0.2) is 6.04 Å². The monoisotopic (exact) mass is 303 g/mol. The lowest BCUT2D eigenvalue weighted by atomic mass is 9.80. The van der Waals surface area contributed by atoms with Crippen molar-refractivity contribution in [2.45, 2.75) is 37.6 Å². The van der Waals surface area contributed by atoms with Gasteiger partial charge in [0.25, 0.3) is 0 Å². The van der Waals surface area contributed by atoms with E-state index in [1.807, 2.05) is 12.1 Å². The fourth-order valence-electron chi connectivity index (χ4n) is 3.20. The third-order valence-electron chi connectivity index (χ3n) is 4.27. The summed E-state index contributed by atoms with van der Waals surface area (Å²) in [4.78, 5) is 0. The maximum absolute atomic E-state index is 13.6. The van der Waals surface area contributed by atoms with Crippen molar-refractivity contribution < 1.29 is 4.39 Å². The Labute approximate surface area is 130 Å². The van der Waals surface area contributed by atoms with Gasteiger partial charge in [-0.15, -0.1) is 0 Å². The van der Waals surface area contributed by atoms with Crippen molar-refractivity contribution in [1.82, 2.24) is 0 Å². The summed E-state index contributed by atoms with van der Waals surface area (Å²) in [5, 5.41) is 3.67. The molecule has 3 rings (SSSR count). The van der Waals surface area contributed by atoms with Gasteiger partial charge in [-0.3, -0.25) is 0 Å². The highest BCUT2D eigenvalue weighted by Gasteiger charge is 2.26. The molecule has 1 aliphatic carbocycles. The second-order valence-corrected chi connectivity index (χ2v) is 6.09. The van der Waals surface area contributed by atoms with Gasteiger partial charge in [0.05, 0.1) is 5.02 Å². The third kappa shape index (κ3) is 3.38. The standard InChI is InChI=1S/C18H19ClFN/c19-16-11-10-14(12-17(16)20)21-18-9-5-4-8-15(18)13-6-2-1-3-7-13/h1-3,6-7,10-12,15,18,21H,4-5,8-9H2. The van der Waals surface area contributed by atoms with Crippen LogP contribution < -0.4 is 5.32 Å². The van der Waals surface area contributed by atoms with Crippen LogP contribution in [0.15, 0.2) is 48.5 Å². The van der Waals surface area contributed by atoms with E-state index in [0.717, 1.165) is 12.1 Å². The SMILES string of the molecule is Fc1cc(NC2CCCCC2c2ccccc2)ccc1Cl. The topological polar surface area (TPSA) is 12.0 Å².